The molecule has 0 bridgehead atoms. The maximum atomic E-state index is 12.3. The van der Waals surface area contributed by atoms with Gasteiger partial charge in [0.2, 0.25) is 0 Å². The standard InChI is InChI=1S/C20H22N6O/c1-12-11-15-17(7-4-8-18(15)26-25-12)24-20(27)21-10-9-19-22-13(2)14-5-3-6-16(14)23-19/h4,7-8,11H,3,5-6,9-10H2,1-2H3,(H2,21,24,27). The third-order valence-electron chi connectivity index (χ3n) is 4.82. The lowest BCUT2D eigenvalue weighted by molar-refractivity contribution is 0.252. The van der Waals surface area contributed by atoms with Crippen molar-refractivity contribution in [3.63, 3.8) is 0 Å². The SMILES string of the molecule is Cc1cc2c(NC(=O)NCCc3nc(C)c4c(n3)CCC4)cccc2nn1. The molecule has 7 nitrogen and oxygen atoms in total. The minimum Gasteiger partial charge on any atom is -0.337 e. The highest BCUT2D eigenvalue weighted by atomic mass is 16.2. The third-order valence-corrected chi connectivity index (χ3v) is 4.82. The van der Waals surface area contributed by atoms with Crippen LogP contribution in [0.4, 0.5) is 10.5 Å². The van der Waals surface area contributed by atoms with Crippen molar-refractivity contribution in [1.82, 2.24) is 25.5 Å². The Bertz CT molecular complexity index is 1020. The number of carbonyl (C=O) groups excluding carboxylic acids is 1. The van der Waals surface area contributed by atoms with Gasteiger partial charge in [-0.05, 0) is 56.9 Å². The molecule has 2 heterocycles. The summed E-state index contributed by atoms with van der Waals surface area (Å²) < 4.78 is 0. The summed E-state index contributed by atoms with van der Waals surface area (Å²) in [4.78, 5) is 21.5. The van der Waals surface area contributed by atoms with Crippen LogP contribution in [0.15, 0.2) is 24.3 Å². The van der Waals surface area contributed by atoms with E-state index < -0.39 is 0 Å². The molecular weight excluding hydrogens is 340 g/mol. The fourth-order valence-corrected chi connectivity index (χ4v) is 3.52. The lowest BCUT2D eigenvalue weighted by Gasteiger charge is -2.10. The highest BCUT2D eigenvalue weighted by Crippen LogP contribution is 2.23. The van der Waals surface area contributed by atoms with Gasteiger partial charge in [0.05, 0.1) is 16.9 Å². The van der Waals surface area contributed by atoms with Crippen molar-refractivity contribution in [2.45, 2.75) is 39.5 Å². The molecule has 0 spiro atoms. The predicted octanol–water partition coefficient (Wildman–Crippen LogP) is 2.89. The Balaban J connectivity index is 1.38. The molecule has 4 rings (SSSR count). The normalized spacial score (nSPS) is 12.8. The summed E-state index contributed by atoms with van der Waals surface area (Å²) in [6, 6.07) is 7.24. The number of hydrogen-bond acceptors (Lipinski definition) is 5. The number of benzene rings is 1. The number of urea groups is 1. The third kappa shape index (κ3) is 3.72. The molecule has 7 heteroatoms. The first-order valence-electron chi connectivity index (χ1n) is 9.23. The van der Waals surface area contributed by atoms with Gasteiger partial charge in [0, 0.05) is 29.7 Å². The van der Waals surface area contributed by atoms with Crippen molar-refractivity contribution in [2.24, 2.45) is 0 Å². The molecule has 0 fully saturated rings. The molecule has 2 aromatic heterocycles. The molecule has 0 unspecified atom stereocenters. The zero-order valence-electron chi connectivity index (χ0n) is 15.5. The Hall–Kier alpha value is -3.09. The number of rotatable bonds is 4. The maximum Gasteiger partial charge on any atom is 0.319 e. The summed E-state index contributed by atoms with van der Waals surface area (Å²) in [6.07, 6.45) is 3.88. The summed E-state index contributed by atoms with van der Waals surface area (Å²) >= 11 is 0. The van der Waals surface area contributed by atoms with Crippen molar-refractivity contribution in [2.75, 3.05) is 11.9 Å². The molecule has 1 aliphatic rings. The number of amides is 2. The zero-order chi connectivity index (χ0) is 18.8. The molecular formula is C20H22N6O. The molecule has 3 aromatic rings. The van der Waals surface area contributed by atoms with Crippen molar-refractivity contribution in [3.05, 3.63) is 52.7 Å². The van der Waals surface area contributed by atoms with Crippen LogP contribution in [-0.4, -0.2) is 32.7 Å². The van der Waals surface area contributed by atoms with E-state index in [1.54, 1.807) is 0 Å². The number of nitrogens with zero attached hydrogens (tertiary/aromatic N) is 4. The second kappa shape index (κ2) is 7.26. The van der Waals surface area contributed by atoms with Crippen LogP contribution in [0.3, 0.4) is 0 Å². The second-order valence-electron chi connectivity index (χ2n) is 6.86. The van der Waals surface area contributed by atoms with Gasteiger partial charge < -0.3 is 10.6 Å². The Morgan fingerprint density at radius 2 is 2.04 bits per heavy atom. The Morgan fingerprint density at radius 3 is 2.93 bits per heavy atom. The molecule has 0 radical (unpaired) electrons. The van der Waals surface area contributed by atoms with E-state index in [4.69, 9.17) is 0 Å². The number of aryl methyl sites for hydroxylation is 3. The zero-order valence-corrected chi connectivity index (χ0v) is 15.5. The molecule has 0 saturated heterocycles. The highest BCUT2D eigenvalue weighted by molar-refractivity contribution is 6.00. The van der Waals surface area contributed by atoms with Gasteiger partial charge in [-0.25, -0.2) is 14.8 Å². The Kier molecular flexibility index (Phi) is 4.66. The monoisotopic (exact) mass is 362 g/mol. The molecule has 0 aliphatic heterocycles. The minimum absolute atomic E-state index is 0.255. The van der Waals surface area contributed by atoms with Crippen LogP contribution in [0.25, 0.3) is 10.9 Å². The first-order valence-corrected chi connectivity index (χ1v) is 9.23. The molecule has 2 N–H and O–H groups in total. The van der Waals surface area contributed by atoms with Crippen LogP contribution in [0, 0.1) is 13.8 Å². The van der Waals surface area contributed by atoms with Crippen LogP contribution in [0.5, 0.6) is 0 Å². The molecule has 138 valence electrons. The Labute approximate surface area is 157 Å². The van der Waals surface area contributed by atoms with E-state index in [1.165, 1.54) is 11.3 Å². The number of anilines is 1. The summed E-state index contributed by atoms with van der Waals surface area (Å²) in [5.41, 5.74) is 5.83. The summed E-state index contributed by atoms with van der Waals surface area (Å²) in [5.74, 6) is 0.796. The maximum absolute atomic E-state index is 12.3. The van der Waals surface area contributed by atoms with E-state index in [-0.39, 0.29) is 6.03 Å². The van der Waals surface area contributed by atoms with Gasteiger partial charge in [0.25, 0.3) is 0 Å². The predicted molar refractivity (Wildman–Crippen MR) is 104 cm³/mol. The van der Waals surface area contributed by atoms with Gasteiger partial charge in [0.1, 0.15) is 5.82 Å². The van der Waals surface area contributed by atoms with Gasteiger partial charge >= 0.3 is 6.03 Å². The summed E-state index contributed by atoms with van der Waals surface area (Å²) in [5, 5.41) is 14.8. The van der Waals surface area contributed by atoms with E-state index in [0.29, 0.717) is 18.7 Å². The van der Waals surface area contributed by atoms with Crippen LogP contribution >= 0.6 is 0 Å². The van der Waals surface area contributed by atoms with Gasteiger partial charge in [-0.1, -0.05) is 6.07 Å². The fourth-order valence-electron chi connectivity index (χ4n) is 3.52. The van der Waals surface area contributed by atoms with E-state index in [1.807, 2.05) is 38.1 Å². The lowest BCUT2D eigenvalue weighted by atomic mass is 10.2. The smallest absolute Gasteiger partial charge is 0.319 e. The molecule has 1 aliphatic carbocycles. The number of fused-ring (bicyclic) bond motifs is 2. The van der Waals surface area contributed by atoms with Gasteiger partial charge in [0.15, 0.2) is 0 Å². The number of aromatic nitrogens is 4. The van der Waals surface area contributed by atoms with E-state index >= 15 is 0 Å². The number of hydrogen-bond donors (Lipinski definition) is 2. The lowest BCUT2D eigenvalue weighted by Crippen LogP contribution is -2.31. The second-order valence-corrected chi connectivity index (χ2v) is 6.86. The average molecular weight is 362 g/mol. The highest BCUT2D eigenvalue weighted by Gasteiger charge is 2.16. The van der Waals surface area contributed by atoms with Gasteiger partial charge in [-0.15, -0.1) is 0 Å². The van der Waals surface area contributed by atoms with Gasteiger partial charge in [-0.2, -0.15) is 10.2 Å². The largest absolute Gasteiger partial charge is 0.337 e. The average Bonchev–Trinajstić information content (AvgIpc) is 3.11. The minimum atomic E-state index is -0.255. The molecule has 0 atom stereocenters. The van der Waals surface area contributed by atoms with Crippen LogP contribution < -0.4 is 10.6 Å². The van der Waals surface area contributed by atoms with Crippen molar-refractivity contribution in [1.29, 1.82) is 0 Å². The molecule has 1 aromatic carbocycles. The van der Waals surface area contributed by atoms with Gasteiger partial charge in [-0.3, -0.25) is 0 Å². The topological polar surface area (TPSA) is 92.7 Å². The van der Waals surface area contributed by atoms with E-state index in [0.717, 1.165) is 47.4 Å². The van der Waals surface area contributed by atoms with Crippen molar-refractivity contribution in [3.8, 4) is 0 Å². The summed E-state index contributed by atoms with van der Waals surface area (Å²) in [6.45, 7) is 4.40. The van der Waals surface area contributed by atoms with Crippen LogP contribution in [0.1, 0.15) is 34.9 Å². The molecule has 0 saturated carbocycles. The molecule has 27 heavy (non-hydrogen) atoms. The fraction of sp³-hybridized carbons (Fsp3) is 0.350. The first-order chi connectivity index (χ1) is 13.1. The van der Waals surface area contributed by atoms with E-state index in [9.17, 15) is 4.79 Å². The van der Waals surface area contributed by atoms with Crippen LogP contribution in [0.2, 0.25) is 0 Å². The first kappa shape index (κ1) is 17.3. The number of nitrogens with one attached hydrogen (secondary N) is 2. The molecule has 2 amide bonds. The van der Waals surface area contributed by atoms with Crippen LogP contribution in [-0.2, 0) is 19.3 Å². The Morgan fingerprint density at radius 1 is 1.15 bits per heavy atom. The number of carbonyl (C=O) groups is 1. The summed E-state index contributed by atoms with van der Waals surface area (Å²) in [7, 11) is 0. The quantitative estimate of drug-likeness (QED) is 0.744. The van der Waals surface area contributed by atoms with E-state index in [2.05, 4.69) is 30.8 Å². The van der Waals surface area contributed by atoms with Crippen molar-refractivity contribution < 1.29 is 4.79 Å². The van der Waals surface area contributed by atoms with Crippen molar-refractivity contribution >= 4 is 22.6 Å².